The average Bonchev–Trinajstić information content (AvgIpc) is 2.04. The topological polar surface area (TPSA) is 0 Å². The van der Waals surface area contributed by atoms with Crippen molar-refractivity contribution >= 4 is 46.4 Å². The lowest BCUT2D eigenvalue weighted by Gasteiger charge is -1.89. The Bertz CT molecular complexity index is 127. The minimum Gasteiger partial charge on any atom is -0.125 e. The Morgan fingerprint density at radius 2 is 2.00 bits per heavy atom. The Morgan fingerprint density at radius 1 is 1.50 bits per heavy atom. The molecular formula is C8H12Cl4. The molecule has 0 heterocycles. The molecule has 0 aliphatic heterocycles. The fourth-order valence-corrected chi connectivity index (χ4v) is 0.652. The molecule has 0 saturated heterocycles. The molecule has 0 aliphatic carbocycles. The first-order valence-electron chi connectivity index (χ1n) is 3.42. The van der Waals surface area contributed by atoms with Gasteiger partial charge in [-0.1, -0.05) is 42.3 Å². The first-order chi connectivity index (χ1) is 5.58. The van der Waals surface area contributed by atoms with Gasteiger partial charge in [0, 0.05) is 5.88 Å². The summed E-state index contributed by atoms with van der Waals surface area (Å²) in [5.41, 5.74) is 0. The van der Waals surface area contributed by atoms with Gasteiger partial charge < -0.3 is 0 Å². The lowest BCUT2D eigenvalue weighted by atomic mass is 10.5. The molecule has 1 atom stereocenters. The SMILES string of the molecule is C=CC(Cl)CCl.CCC=C(Cl)Cl. The molecule has 0 aromatic carbocycles. The highest BCUT2D eigenvalue weighted by molar-refractivity contribution is 6.55. The summed E-state index contributed by atoms with van der Waals surface area (Å²) >= 11 is 21.1. The molecule has 0 aromatic rings. The van der Waals surface area contributed by atoms with Gasteiger partial charge in [0.05, 0.1) is 5.38 Å². The molecule has 0 nitrogen and oxygen atoms in total. The average molecular weight is 250 g/mol. The predicted molar refractivity (Wildman–Crippen MR) is 60.6 cm³/mol. The predicted octanol–water partition coefficient (Wildman–Crippen LogP) is 4.73. The summed E-state index contributed by atoms with van der Waals surface area (Å²) in [6.07, 6.45) is 4.25. The van der Waals surface area contributed by atoms with E-state index < -0.39 is 0 Å². The molecule has 12 heavy (non-hydrogen) atoms. The van der Waals surface area contributed by atoms with Gasteiger partial charge in [0.1, 0.15) is 4.49 Å². The van der Waals surface area contributed by atoms with Crippen molar-refractivity contribution in [3.63, 3.8) is 0 Å². The van der Waals surface area contributed by atoms with Crippen molar-refractivity contribution in [2.45, 2.75) is 18.7 Å². The van der Waals surface area contributed by atoms with E-state index in [2.05, 4.69) is 6.58 Å². The van der Waals surface area contributed by atoms with E-state index in [-0.39, 0.29) is 5.38 Å². The molecule has 0 N–H and O–H groups in total. The third-order valence-corrected chi connectivity index (χ3v) is 1.89. The zero-order valence-electron chi connectivity index (χ0n) is 6.87. The van der Waals surface area contributed by atoms with Gasteiger partial charge in [-0.25, -0.2) is 0 Å². The van der Waals surface area contributed by atoms with E-state index in [0.717, 1.165) is 6.42 Å². The number of halogens is 4. The highest BCUT2D eigenvalue weighted by Crippen LogP contribution is 2.05. The quantitative estimate of drug-likeness (QED) is 0.501. The Morgan fingerprint density at radius 3 is 2.00 bits per heavy atom. The zero-order chi connectivity index (χ0) is 9.98. The van der Waals surface area contributed by atoms with Crippen LogP contribution in [0.2, 0.25) is 0 Å². The molecular weight excluding hydrogens is 238 g/mol. The number of hydrogen-bond acceptors (Lipinski definition) is 0. The van der Waals surface area contributed by atoms with Gasteiger partial charge in [0.25, 0.3) is 0 Å². The molecule has 0 saturated carbocycles. The van der Waals surface area contributed by atoms with Gasteiger partial charge >= 0.3 is 0 Å². The van der Waals surface area contributed by atoms with Gasteiger partial charge in [-0.2, -0.15) is 0 Å². The maximum Gasteiger partial charge on any atom is 0.102 e. The Labute approximate surface area is 94.1 Å². The molecule has 0 amide bonds. The maximum absolute atomic E-state index is 5.40. The molecule has 0 aromatic heterocycles. The molecule has 72 valence electrons. The smallest absolute Gasteiger partial charge is 0.102 e. The minimum atomic E-state index is -0.0633. The van der Waals surface area contributed by atoms with Crippen molar-refractivity contribution in [2.75, 3.05) is 5.88 Å². The van der Waals surface area contributed by atoms with E-state index in [0.29, 0.717) is 10.4 Å². The van der Waals surface area contributed by atoms with Crippen LogP contribution >= 0.6 is 46.4 Å². The number of allylic oxidation sites excluding steroid dienone is 2. The van der Waals surface area contributed by atoms with E-state index in [1.54, 1.807) is 12.2 Å². The summed E-state index contributed by atoms with van der Waals surface area (Å²) in [5, 5.41) is -0.0633. The van der Waals surface area contributed by atoms with Crippen LogP contribution in [0, 0.1) is 0 Å². The fraction of sp³-hybridized carbons (Fsp3) is 0.500. The summed E-state index contributed by atoms with van der Waals surface area (Å²) in [6.45, 7) is 5.39. The minimum absolute atomic E-state index is 0.0633. The van der Waals surface area contributed by atoms with Crippen LogP contribution < -0.4 is 0 Å². The van der Waals surface area contributed by atoms with Crippen LogP contribution in [-0.4, -0.2) is 11.3 Å². The second-order valence-corrected chi connectivity index (χ2v) is 3.69. The van der Waals surface area contributed by atoms with Crippen molar-refractivity contribution in [1.29, 1.82) is 0 Å². The van der Waals surface area contributed by atoms with Gasteiger partial charge in [-0.15, -0.1) is 29.8 Å². The molecule has 0 spiro atoms. The van der Waals surface area contributed by atoms with Crippen LogP contribution in [0.4, 0.5) is 0 Å². The summed E-state index contributed by atoms with van der Waals surface area (Å²) in [7, 11) is 0. The summed E-state index contributed by atoms with van der Waals surface area (Å²) < 4.78 is 0.359. The standard InChI is InChI=1S/2C4H6Cl2/c1-2-4(6)3-5;1-2-3-4(5)6/h2,4H,1,3H2;3H,2H2,1H3. The number of alkyl halides is 2. The first kappa shape index (κ1) is 15.1. The lowest BCUT2D eigenvalue weighted by molar-refractivity contribution is 1.23. The van der Waals surface area contributed by atoms with Crippen molar-refractivity contribution < 1.29 is 0 Å². The van der Waals surface area contributed by atoms with Crippen molar-refractivity contribution in [2.24, 2.45) is 0 Å². The van der Waals surface area contributed by atoms with Crippen molar-refractivity contribution in [3.05, 3.63) is 23.2 Å². The van der Waals surface area contributed by atoms with Gasteiger partial charge in [-0.05, 0) is 6.42 Å². The van der Waals surface area contributed by atoms with Gasteiger partial charge in [0.2, 0.25) is 0 Å². The molecule has 0 radical (unpaired) electrons. The normalized spacial score (nSPS) is 10.8. The third kappa shape index (κ3) is 16.9. The van der Waals surface area contributed by atoms with E-state index in [9.17, 15) is 0 Å². The van der Waals surface area contributed by atoms with Crippen LogP contribution in [0.3, 0.4) is 0 Å². The highest BCUT2D eigenvalue weighted by atomic mass is 35.5. The molecule has 1 unspecified atom stereocenters. The van der Waals surface area contributed by atoms with Crippen LogP contribution in [0.1, 0.15) is 13.3 Å². The van der Waals surface area contributed by atoms with E-state index in [1.807, 2.05) is 6.92 Å². The summed E-state index contributed by atoms with van der Waals surface area (Å²) in [5.74, 6) is 0.449. The van der Waals surface area contributed by atoms with Crippen molar-refractivity contribution in [1.82, 2.24) is 0 Å². The third-order valence-electron chi connectivity index (χ3n) is 0.762. The molecule has 4 heteroatoms. The van der Waals surface area contributed by atoms with E-state index in [1.165, 1.54) is 0 Å². The van der Waals surface area contributed by atoms with Crippen LogP contribution in [-0.2, 0) is 0 Å². The van der Waals surface area contributed by atoms with E-state index >= 15 is 0 Å². The second-order valence-electron chi connectivity index (χ2n) is 1.81. The highest BCUT2D eigenvalue weighted by Gasteiger charge is 1.89. The second kappa shape index (κ2) is 11.6. The first-order valence-corrected chi connectivity index (χ1v) is 5.14. The van der Waals surface area contributed by atoms with Gasteiger partial charge in [-0.3, -0.25) is 0 Å². The monoisotopic (exact) mass is 248 g/mol. The lowest BCUT2D eigenvalue weighted by Crippen LogP contribution is -1.90. The Kier molecular flexibility index (Phi) is 14.7. The number of hydrogen-bond donors (Lipinski definition) is 0. The Balaban J connectivity index is 0. The van der Waals surface area contributed by atoms with Gasteiger partial charge in [0.15, 0.2) is 0 Å². The fourth-order valence-electron chi connectivity index (χ4n) is 0.217. The summed E-state index contributed by atoms with van der Waals surface area (Å²) in [4.78, 5) is 0. The summed E-state index contributed by atoms with van der Waals surface area (Å²) in [6, 6.07) is 0. The maximum atomic E-state index is 5.40. The van der Waals surface area contributed by atoms with E-state index in [4.69, 9.17) is 46.4 Å². The molecule has 0 rings (SSSR count). The molecule has 0 bridgehead atoms. The zero-order valence-corrected chi connectivity index (χ0v) is 9.89. The Hall–Kier alpha value is 0.640. The van der Waals surface area contributed by atoms with Crippen LogP contribution in [0.5, 0.6) is 0 Å². The van der Waals surface area contributed by atoms with Crippen LogP contribution in [0.15, 0.2) is 23.2 Å². The molecule has 0 aliphatic rings. The molecule has 0 fully saturated rings. The van der Waals surface area contributed by atoms with Crippen molar-refractivity contribution in [3.8, 4) is 0 Å². The van der Waals surface area contributed by atoms with Crippen LogP contribution in [0.25, 0.3) is 0 Å². The largest absolute Gasteiger partial charge is 0.125 e. The number of rotatable bonds is 3.